The zero-order valence-corrected chi connectivity index (χ0v) is 12.5. The Bertz CT molecular complexity index is 716. The van der Waals surface area contributed by atoms with Crippen LogP contribution >= 0.6 is 0 Å². The number of nitrogens with zero attached hydrogens (tertiary/aromatic N) is 1. The van der Waals surface area contributed by atoms with Gasteiger partial charge in [-0.2, -0.15) is 5.26 Å². The Balaban J connectivity index is 2.27. The van der Waals surface area contributed by atoms with Crippen molar-refractivity contribution in [3.05, 3.63) is 48.0 Å². The predicted octanol–water partition coefficient (Wildman–Crippen LogP) is 4.91. The molecule has 0 aliphatic carbocycles. The second-order valence-corrected chi connectivity index (χ2v) is 5.06. The van der Waals surface area contributed by atoms with Crippen LogP contribution in [0.2, 0.25) is 0 Å². The van der Waals surface area contributed by atoms with Gasteiger partial charge in [0.1, 0.15) is 17.6 Å². The van der Waals surface area contributed by atoms with E-state index in [0.29, 0.717) is 22.4 Å². The van der Waals surface area contributed by atoms with Crippen molar-refractivity contribution in [2.24, 2.45) is 0 Å². The van der Waals surface area contributed by atoms with E-state index in [1.165, 1.54) is 24.3 Å². The molecule has 0 fully saturated rings. The lowest BCUT2D eigenvalue weighted by molar-refractivity contribution is -0.274. The van der Waals surface area contributed by atoms with Gasteiger partial charge in [0.05, 0.1) is 11.7 Å². The molecule has 0 saturated heterocycles. The molecule has 0 heterocycles. The first kappa shape index (κ1) is 16.7. The molecule has 0 aliphatic heterocycles. The summed E-state index contributed by atoms with van der Waals surface area (Å²) >= 11 is 0. The molecule has 3 nitrogen and oxygen atoms in total. The Kier molecular flexibility index (Phi) is 4.80. The van der Waals surface area contributed by atoms with Crippen molar-refractivity contribution in [1.82, 2.24) is 0 Å². The fourth-order valence-corrected chi connectivity index (χ4v) is 2.00. The smallest absolute Gasteiger partial charge is 0.490 e. The lowest BCUT2D eigenvalue weighted by Gasteiger charge is -2.13. The Morgan fingerprint density at radius 1 is 1.00 bits per heavy atom. The first-order valence-electron chi connectivity index (χ1n) is 6.85. The van der Waals surface area contributed by atoms with Crippen LogP contribution in [-0.4, -0.2) is 12.5 Å². The van der Waals surface area contributed by atoms with Crippen molar-refractivity contribution in [1.29, 1.82) is 5.26 Å². The summed E-state index contributed by atoms with van der Waals surface area (Å²) in [6, 6.07) is 12.6. The van der Waals surface area contributed by atoms with E-state index < -0.39 is 6.36 Å². The molecule has 0 N–H and O–H groups in total. The minimum atomic E-state index is -4.72. The molecule has 0 aliphatic rings. The topological polar surface area (TPSA) is 42.2 Å². The van der Waals surface area contributed by atoms with Crippen LogP contribution in [0.15, 0.2) is 42.5 Å². The molecule has 2 rings (SSSR count). The van der Waals surface area contributed by atoms with Gasteiger partial charge in [-0.3, -0.25) is 0 Å². The average molecular weight is 321 g/mol. The minimum Gasteiger partial charge on any atom is -0.490 e. The molecule has 0 unspecified atom stereocenters. The Hall–Kier alpha value is -2.68. The highest BCUT2D eigenvalue weighted by Crippen LogP contribution is 2.29. The monoisotopic (exact) mass is 321 g/mol. The Morgan fingerprint density at radius 3 is 2.13 bits per heavy atom. The molecule has 0 aromatic heterocycles. The first-order valence-corrected chi connectivity index (χ1v) is 6.85. The van der Waals surface area contributed by atoms with Gasteiger partial charge in [0.15, 0.2) is 0 Å². The highest BCUT2D eigenvalue weighted by molar-refractivity contribution is 5.67. The van der Waals surface area contributed by atoms with E-state index in [2.05, 4.69) is 10.8 Å². The van der Waals surface area contributed by atoms with Gasteiger partial charge < -0.3 is 9.47 Å². The van der Waals surface area contributed by atoms with E-state index in [1.54, 1.807) is 18.2 Å². The second-order valence-electron chi connectivity index (χ2n) is 5.06. The van der Waals surface area contributed by atoms with Crippen molar-refractivity contribution < 1.29 is 22.6 Å². The fraction of sp³-hybridized carbons (Fsp3) is 0.235. The third kappa shape index (κ3) is 4.65. The molecule has 0 radical (unpaired) electrons. The maximum Gasteiger partial charge on any atom is 0.573 e. The number of hydrogen-bond acceptors (Lipinski definition) is 3. The third-order valence-corrected chi connectivity index (χ3v) is 2.88. The van der Waals surface area contributed by atoms with Crippen LogP contribution in [-0.2, 0) is 0 Å². The summed E-state index contributed by atoms with van der Waals surface area (Å²) in [5, 5.41) is 9.20. The van der Waals surface area contributed by atoms with E-state index in [9.17, 15) is 18.4 Å². The lowest BCUT2D eigenvalue weighted by atomic mass is 10.0. The summed E-state index contributed by atoms with van der Waals surface area (Å²) in [7, 11) is 0. The summed E-state index contributed by atoms with van der Waals surface area (Å²) < 4.78 is 45.8. The number of benzene rings is 2. The Labute approximate surface area is 131 Å². The zero-order valence-electron chi connectivity index (χ0n) is 12.5. The number of nitriles is 1. The molecule has 0 bridgehead atoms. The summed E-state index contributed by atoms with van der Waals surface area (Å²) in [6.07, 6.45) is -4.78. The normalized spacial score (nSPS) is 11.2. The van der Waals surface area contributed by atoms with Crippen LogP contribution in [0.4, 0.5) is 13.2 Å². The molecule has 0 spiro atoms. The maximum absolute atomic E-state index is 12.1. The number of halogens is 3. The molecule has 0 saturated carbocycles. The van der Waals surface area contributed by atoms with E-state index in [0.717, 1.165) is 0 Å². The molecular weight excluding hydrogens is 307 g/mol. The summed E-state index contributed by atoms with van der Waals surface area (Å²) in [6.45, 7) is 3.71. The number of rotatable bonds is 4. The minimum absolute atomic E-state index is 0.0632. The maximum atomic E-state index is 12.1. The fourth-order valence-electron chi connectivity index (χ4n) is 2.00. The highest BCUT2D eigenvalue weighted by atomic mass is 19.4. The largest absolute Gasteiger partial charge is 0.573 e. The summed E-state index contributed by atoms with van der Waals surface area (Å²) in [4.78, 5) is 0. The first-order chi connectivity index (χ1) is 10.8. The van der Waals surface area contributed by atoms with Crippen LogP contribution in [0.25, 0.3) is 11.1 Å². The van der Waals surface area contributed by atoms with Gasteiger partial charge in [-0.25, -0.2) is 0 Å². The van der Waals surface area contributed by atoms with Crippen molar-refractivity contribution >= 4 is 0 Å². The second kappa shape index (κ2) is 6.61. The van der Waals surface area contributed by atoms with E-state index in [-0.39, 0.29) is 11.9 Å². The molecule has 6 heteroatoms. The molecule has 2 aromatic carbocycles. The Morgan fingerprint density at radius 2 is 1.61 bits per heavy atom. The third-order valence-electron chi connectivity index (χ3n) is 2.88. The van der Waals surface area contributed by atoms with Gasteiger partial charge in [0.25, 0.3) is 0 Å². The summed E-state index contributed by atoms with van der Waals surface area (Å²) in [5.41, 5.74) is 1.75. The quantitative estimate of drug-likeness (QED) is 0.803. The van der Waals surface area contributed by atoms with Crippen molar-refractivity contribution in [2.75, 3.05) is 0 Å². The lowest BCUT2D eigenvalue weighted by Crippen LogP contribution is -2.16. The van der Waals surface area contributed by atoms with Crippen LogP contribution < -0.4 is 9.47 Å². The molecular formula is C17H14F3NO2. The van der Waals surface area contributed by atoms with Crippen LogP contribution in [0.3, 0.4) is 0 Å². The molecule has 23 heavy (non-hydrogen) atoms. The van der Waals surface area contributed by atoms with E-state index in [4.69, 9.17) is 4.74 Å². The SMILES string of the molecule is CC(C)Oc1ccc(-c2ccc(OC(F)(F)F)cc2)cc1C#N. The van der Waals surface area contributed by atoms with Gasteiger partial charge in [0, 0.05) is 0 Å². The number of hydrogen-bond donors (Lipinski definition) is 0. The standard InChI is InChI=1S/C17H14F3NO2/c1-11(2)22-16-8-5-13(9-14(16)10-21)12-3-6-15(7-4-12)23-17(18,19)20/h3-9,11H,1-2H3. The average Bonchev–Trinajstić information content (AvgIpc) is 2.46. The highest BCUT2D eigenvalue weighted by Gasteiger charge is 2.30. The van der Waals surface area contributed by atoms with Crippen molar-refractivity contribution in [3.8, 4) is 28.7 Å². The molecule has 120 valence electrons. The van der Waals surface area contributed by atoms with E-state index >= 15 is 0 Å². The zero-order chi connectivity index (χ0) is 17.0. The van der Waals surface area contributed by atoms with Crippen molar-refractivity contribution in [3.63, 3.8) is 0 Å². The van der Waals surface area contributed by atoms with Gasteiger partial charge in [-0.15, -0.1) is 13.2 Å². The molecule has 0 atom stereocenters. The number of ether oxygens (including phenoxy) is 2. The van der Waals surface area contributed by atoms with Crippen LogP contribution in [0.5, 0.6) is 11.5 Å². The van der Waals surface area contributed by atoms with Crippen molar-refractivity contribution in [2.45, 2.75) is 26.3 Å². The molecule has 0 amide bonds. The summed E-state index contributed by atoms with van der Waals surface area (Å²) in [5.74, 6) is 0.185. The van der Waals surface area contributed by atoms with Gasteiger partial charge in [0.2, 0.25) is 0 Å². The van der Waals surface area contributed by atoms with Gasteiger partial charge in [-0.05, 0) is 49.2 Å². The van der Waals surface area contributed by atoms with Gasteiger partial charge >= 0.3 is 6.36 Å². The number of alkyl halides is 3. The van der Waals surface area contributed by atoms with Crippen LogP contribution in [0, 0.1) is 11.3 Å². The predicted molar refractivity (Wildman–Crippen MR) is 79.0 cm³/mol. The van der Waals surface area contributed by atoms with Crippen LogP contribution in [0.1, 0.15) is 19.4 Å². The molecule has 2 aromatic rings. The van der Waals surface area contributed by atoms with E-state index in [1.807, 2.05) is 13.8 Å². The van der Waals surface area contributed by atoms with Gasteiger partial charge in [-0.1, -0.05) is 18.2 Å².